The molecule has 1 aliphatic carbocycles. The molecule has 6 rings (SSSR count). The smallest absolute Gasteiger partial charge is 0.221 e. The Hall–Kier alpha value is -4.19. The highest BCUT2D eigenvalue weighted by molar-refractivity contribution is 6.35. The fourth-order valence-electron chi connectivity index (χ4n) is 5.14. The number of hydrazine groups is 2. The van der Waals surface area contributed by atoms with Gasteiger partial charge in [0.05, 0.1) is 40.6 Å². The Morgan fingerprint density at radius 3 is 2.73 bits per heavy atom. The monoisotopic (exact) mass is 567 g/mol. The molecule has 210 valence electrons. The van der Waals surface area contributed by atoms with Crippen LogP contribution in [0.1, 0.15) is 50.8 Å². The van der Waals surface area contributed by atoms with Gasteiger partial charge in [-0.05, 0) is 53.5 Å². The molecule has 1 saturated carbocycles. The highest BCUT2D eigenvalue weighted by Gasteiger charge is 2.33. The second kappa shape index (κ2) is 10.7. The number of nitrogens with one attached hydrogen (secondary N) is 4. The van der Waals surface area contributed by atoms with Gasteiger partial charge in [-0.15, -0.1) is 12.0 Å². The molecule has 4 aromatic rings. The zero-order chi connectivity index (χ0) is 28.7. The molecule has 2 aromatic heterocycles. The van der Waals surface area contributed by atoms with Crippen molar-refractivity contribution >= 4 is 44.7 Å². The summed E-state index contributed by atoms with van der Waals surface area (Å²) in [6.45, 7) is 7.28. The third-order valence-electron chi connectivity index (χ3n) is 7.35. The first kappa shape index (κ1) is 27.0. The van der Waals surface area contributed by atoms with Gasteiger partial charge in [0.25, 0.3) is 0 Å². The van der Waals surface area contributed by atoms with E-state index in [9.17, 15) is 0 Å². The number of ether oxygens (including phenoxy) is 1. The Morgan fingerprint density at radius 1 is 1.17 bits per heavy atom. The first-order valence-electron chi connectivity index (χ1n) is 13.8. The van der Waals surface area contributed by atoms with Gasteiger partial charge in [-0.2, -0.15) is 0 Å². The highest BCUT2D eigenvalue weighted by Crippen LogP contribution is 2.39. The van der Waals surface area contributed by atoms with Gasteiger partial charge in [-0.25, -0.2) is 4.98 Å². The Labute approximate surface area is 245 Å². The van der Waals surface area contributed by atoms with Crippen LogP contribution >= 0.6 is 11.6 Å². The molecule has 0 bridgehead atoms. The van der Waals surface area contributed by atoms with Crippen LogP contribution < -0.4 is 26.3 Å². The van der Waals surface area contributed by atoms with Crippen LogP contribution in [-0.2, 0) is 0 Å². The molecule has 0 radical (unpaired) electrons. The van der Waals surface area contributed by atoms with E-state index in [0.29, 0.717) is 28.0 Å². The summed E-state index contributed by atoms with van der Waals surface area (Å²) in [6, 6.07) is 12.4. The minimum Gasteiger partial charge on any atom is -0.481 e. The Morgan fingerprint density at radius 2 is 2.00 bits per heavy atom. The quantitative estimate of drug-likeness (QED) is 0.183. The van der Waals surface area contributed by atoms with Crippen molar-refractivity contribution in [3.05, 3.63) is 76.8 Å². The SMILES string of the molecule is C#Cc1cnc2c(Cl)cc(N[C@H](C3=CN(C4CC4)NN3)c3cccc4c(OC)nccc34)cc2c1NCC(C)(C)C. The van der Waals surface area contributed by atoms with Crippen molar-refractivity contribution < 1.29 is 4.74 Å². The van der Waals surface area contributed by atoms with E-state index in [1.807, 2.05) is 24.3 Å². The third kappa shape index (κ3) is 5.43. The number of halogens is 1. The first-order valence-corrected chi connectivity index (χ1v) is 14.2. The molecule has 0 amide bonds. The molecular weight excluding hydrogens is 534 g/mol. The molecule has 0 spiro atoms. The van der Waals surface area contributed by atoms with Gasteiger partial charge in [0, 0.05) is 47.6 Å². The van der Waals surface area contributed by atoms with Crippen molar-refractivity contribution in [3.8, 4) is 18.2 Å². The molecule has 0 saturated heterocycles. The van der Waals surface area contributed by atoms with Crippen LogP contribution in [0, 0.1) is 17.8 Å². The number of hydrogen-bond acceptors (Lipinski definition) is 8. The molecule has 1 fully saturated rings. The molecule has 3 heterocycles. The van der Waals surface area contributed by atoms with E-state index in [0.717, 1.165) is 45.3 Å². The third-order valence-corrected chi connectivity index (χ3v) is 7.64. The van der Waals surface area contributed by atoms with Crippen molar-refractivity contribution in [3.63, 3.8) is 0 Å². The van der Waals surface area contributed by atoms with E-state index in [2.05, 4.69) is 81.6 Å². The van der Waals surface area contributed by atoms with Gasteiger partial charge in [0.1, 0.15) is 0 Å². The molecule has 1 atom stereocenters. The molecule has 9 heteroatoms. The number of nitrogens with zero attached hydrogens (tertiary/aromatic N) is 3. The van der Waals surface area contributed by atoms with E-state index in [1.165, 1.54) is 12.8 Å². The van der Waals surface area contributed by atoms with Crippen molar-refractivity contribution in [2.45, 2.75) is 45.7 Å². The number of benzene rings is 2. The average Bonchev–Trinajstić information content (AvgIpc) is 3.70. The minimum absolute atomic E-state index is 0.0531. The van der Waals surface area contributed by atoms with Crippen LogP contribution in [0.5, 0.6) is 5.88 Å². The highest BCUT2D eigenvalue weighted by atomic mass is 35.5. The Bertz CT molecular complexity index is 1700. The summed E-state index contributed by atoms with van der Waals surface area (Å²) in [5.41, 5.74) is 11.9. The van der Waals surface area contributed by atoms with Gasteiger partial charge >= 0.3 is 0 Å². The molecule has 1 aliphatic heterocycles. The molecule has 2 aromatic carbocycles. The van der Waals surface area contributed by atoms with Crippen LogP contribution in [-0.4, -0.2) is 34.7 Å². The largest absolute Gasteiger partial charge is 0.481 e. The number of aromatic nitrogens is 2. The normalized spacial score (nSPS) is 15.8. The maximum Gasteiger partial charge on any atom is 0.221 e. The van der Waals surface area contributed by atoms with E-state index in [1.54, 1.807) is 19.5 Å². The molecule has 41 heavy (non-hydrogen) atoms. The second-order valence-corrected chi connectivity index (χ2v) is 12.2. The number of pyridine rings is 2. The maximum absolute atomic E-state index is 6.86. The predicted octanol–water partition coefficient (Wildman–Crippen LogP) is 6.37. The number of fused-ring (bicyclic) bond motifs is 2. The number of hydrogen-bond donors (Lipinski definition) is 4. The number of methoxy groups -OCH3 is 1. The Kier molecular flexibility index (Phi) is 7.02. The average molecular weight is 568 g/mol. The minimum atomic E-state index is -0.245. The topological polar surface area (TPSA) is 86.4 Å². The lowest BCUT2D eigenvalue weighted by Crippen LogP contribution is -2.38. The van der Waals surface area contributed by atoms with Crippen LogP contribution in [0.3, 0.4) is 0 Å². The van der Waals surface area contributed by atoms with Crippen LogP contribution in [0.25, 0.3) is 21.7 Å². The van der Waals surface area contributed by atoms with Gasteiger partial charge < -0.3 is 20.8 Å². The maximum atomic E-state index is 6.86. The lowest BCUT2D eigenvalue weighted by atomic mass is 9.96. The van der Waals surface area contributed by atoms with Crippen LogP contribution in [0.4, 0.5) is 11.4 Å². The predicted molar refractivity (Wildman–Crippen MR) is 167 cm³/mol. The molecule has 8 nitrogen and oxygen atoms in total. The lowest BCUT2D eigenvalue weighted by Gasteiger charge is -2.24. The number of terminal acetylenes is 1. The zero-order valence-corrected chi connectivity index (χ0v) is 24.4. The first-order chi connectivity index (χ1) is 19.8. The summed E-state index contributed by atoms with van der Waals surface area (Å²) >= 11 is 6.86. The van der Waals surface area contributed by atoms with Crippen molar-refractivity contribution in [1.29, 1.82) is 0 Å². The van der Waals surface area contributed by atoms with Gasteiger partial charge in [-0.3, -0.25) is 9.99 Å². The molecule has 2 aliphatic rings. The van der Waals surface area contributed by atoms with Crippen molar-refractivity contribution in [1.82, 2.24) is 25.9 Å². The lowest BCUT2D eigenvalue weighted by molar-refractivity contribution is 0.260. The fourth-order valence-corrected chi connectivity index (χ4v) is 5.41. The van der Waals surface area contributed by atoms with Gasteiger partial charge in [0.2, 0.25) is 5.88 Å². The fraction of sp³-hybridized carbons (Fsp3) is 0.312. The van der Waals surface area contributed by atoms with Gasteiger partial charge in [-0.1, -0.05) is 50.4 Å². The van der Waals surface area contributed by atoms with Crippen LogP contribution in [0.15, 0.2) is 60.7 Å². The molecule has 4 N–H and O–H groups in total. The van der Waals surface area contributed by atoms with Crippen LogP contribution in [0.2, 0.25) is 5.02 Å². The summed E-state index contributed by atoms with van der Waals surface area (Å²) < 4.78 is 5.58. The number of rotatable bonds is 8. The standard InChI is InChI=1S/C32H34ClN7O/c1-6-19-16-35-29-25(28(19)36-18-32(2,3)4)14-20(15-26(29)33)37-30(27-17-40(39-38-27)21-10-11-21)23-8-7-9-24-22(23)12-13-34-31(24)41-5/h1,7-9,12-17,21,30,37-39H,10-11,18H2,2-5H3,(H,35,36)/t30-/m0/s1. The summed E-state index contributed by atoms with van der Waals surface area (Å²) in [6.07, 6.45) is 13.9. The summed E-state index contributed by atoms with van der Waals surface area (Å²) in [7, 11) is 1.64. The van der Waals surface area contributed by atoms with Crippen molar-refractivity contribution in [2.75, 3.05) is 24.3 Å². The van der Waals surface area contributed by atoms with E-state index in [4.69, 9.17) is 22.8 Å². The van der Waals surface area contributed by atoms with E-state index >= 15 is 0 Å². The van der Waals surface area contributed by atoms with Crippen molar-refractivity contribution in [2.24, 2.45) is 5.41 Å². The zero-order valence-electron chi connectivity index (χ0n) is 23.7. The Balaban J connectivity index is 1.47. The molecule has 0 unspecified atom stereocenters. The van der Waals surface area contributed by atoms with E-state index in [-0.39, 0.29) is 11.5 Å². The van der Waals surface area contributed by atoms with Gasteiger partial charge in [0.15, 0.2) is 0 Å². The summed E-state index contributed by atoms with van der Waals surface area (Å²) in [4.78, 5) is 9.02. The summed E-state index contributed by atoms with van der Waals surface area (Å²) in [5, 5.41) is 12.9. The summed E-state index contributed by atoms with van der Waals surface area (Å²) in [5.74, 6) is 3.38. The van der Waals surface area contributed by atoms with E-state index < -0.39 is 0 Å². The number of anilines is 2. The second-order valence-electron chi connectivity index (χ2n) is 11.8. The molecular formula is C32H34ClN7O.